The van der Waals surface area contributed by atoms with Crippen molar-refractivity contribution in [3.8, 4) is 11.5 Å². The second-order valence-electron chi connectivity index (χ2n) is 4.66. The van der Waals surface area contributed by atoms with Crippen LogP contribution in [0.4, 0.5) is 5.69 Å². The lowest BCUT2D eigenvalue weighted by Crippen LogP contribution is -2.23. The normalized spacial score (nSPS) is 10.0. The average molecular weight is 316 g/mol. The van der Waals surface area contributed by atoms with E-state index in [2.05, 4.69) is 5.32 Å². The number of nitrogens with zero attached hydrogens (tertiary/aromatic N) is 1. The van der Waals surface area contributed by atoms with Crippen molar-refractivity contribution in [2.24, 2.45) is 0 Å². The first-order chi connectivity index (χ1) is 11.0. The van der Waals surface area contributed by atoms with Gasteiger partial charge >= 0.3 is 0 Å². The first kappa shape index (κ1) is 16.3. The molecule has 0 unspecified atom stereocenters. The summed E-state index contributed by atoms with van der Waals surface area (Å²) in [6.45, 7) is 0.267. The number of hydrogen-bond donors (Lipinski definition) is 1. The maximum atomic E-state index is 12.1. The van der Waals surface area contributed by atoms with Crippen LogP contribution >= 0.6 is 0 Å². The third-order valence-electron chi connectivity index (χ3n) is 3.27. The fourth-order valence-corrected chi connectivity index (χ4v) is 2.01. The largest absolute Gasteiger partial charge is 0.497 e. The Kier molecular flexibility index (Phi) is 5.14. The molecule has 23 heavy (non-hydrogen) atoms. The number of hydrogen-bond acceptors (Lipinski definition) is 5. The Morgan fingerprint density at radius 2 is 1.83 bits per heavy atom. The third kappa shape index (κ3) is 3.97. The summed E-state index contributed by atoms with van der Waals surface area (Å²) in [6.07, 6.45) is 0. The molecule has 0 aromatic heterocycles. The van der Waals surface area contributed by atoms with Crippen LogP contribution in [-0.4, -0.2) is 25.1 Å². The molecule has 0 atom stereocenters. The zero-order valence-electron chi connectivity index (χ0n) is 12.7. The van der Waals surface area contributed by atoms with Crippen LogP contribution in [0.2, 0.25) is 0 Å². The van der Waals surface area contributed by atoms with E-state index >= 15 is 0 Å². The van der Waals surface area contributed by atoms with E-state index in [1.165, 1.54) is 31.4 Å². The molecule has 2 rings (SSSR count). The average Bonchev–Trinajstić information content (AvgIpc) is 2.59. The van der Waals surface area contributed by atoms with E-state index in [9.17, 15) is 14.9 Å². The van der Waals surface area contributed by atoms with E-state index in [1.807, 2.05) is 0 Å². The van der Waals surface area contributed by atoms with Crippen LogP contribution in [0.1, 0.15) is 15.9 Å². The van der Waals surface area contributed by atoms with Crippen LogP contribution in [0.3, 0.4) is 0 Å². The van der Waals surface area contributed by atoms with Crippen LogP contribution in [0.15, 0.2) is 42.5 Å². The maximum absolute atomic E-state index is 12.1. The topological polar surface area (TPSA) is 90.7 Å². The molecule has 0 radical (unpaired) electrons. The number of benzene rings is 2. The van der Waals surface area contributed by atoms with E-state index < -0.39 is 4.92 Å². The highest BCUT2D eigenvalue weighted by Crippen LogP contribution is 2.24. The zero-order valence-corrected chi connectivity index (χ0v) is 12.7. The number of rotatable bonds is 6. The molecule has 0 saturated carbocycles. The summed E-state index contributed by atoms with van der Waals surface area (Å²) < 4.78 is 10.4. The van der Waals surface area contributed by atoms with Crippen molar-refractivity contribution in [1.29, 1.82) is 0 Å². The van der Waals surface area contributed by atoms with Gasteiger partial charge in [-0.2, -0.15) is 0 Å². The Morgan fingerprint density at radius 3 is 2.39 bits per heavy atom. The van der Waals surface area contributed by atoms with Gasteiger partial charge < -0.3 is 14.8 Å². The number of carbonyl (C=O) groups is 1. The minimum absolute atomic E-state index is 0.0571. The third-order valence-corrected chi connectivity index (χ3v) is 3.27. The molecule has 0 heterocycles. The molecule has 120 valence electrons. The van der Waals surface area contributed by atoms with E-state index in [0.717, 1.165) is 5.56 Å². The zero-order chi connectivity index (χ0) is 16.8. The van der Waals surface area contributed by atoms with Crippen LogP contribution in [0, 0.1) is 10.1 Å². The molecule has 0 aliphatic heterocycles. The standard InChI is InChI=1S/C16H16N2O5/c1-22-14-8-5-12(15(9-14)23-2)10-17-16(19)11-3-6-13(7-4-11)18(20)21/h3-9H,10H2,1-2H3,(H,17,19). The van der Waals surface area contributed by atoms with Crippen molar-refractivity contribution in [3.05, 3.63) is 63.7 Å². The maximum Gasteiger partial charge on any atom is 0.269 e. The van der Waals surface area contributed by atoms with Crippen molar-refractivity contribution in [1.82, 2.24) is 5.32 Å². The number of non-ortho nitro benzene ring substituents is 1. The molecule has 1 amide bonds. The fraction of sp³-hybridized carbons (Fsp3) is 0.188. The summed E-state index contributed by atoms with van der Waals surface area (Å²) >= 11 is 0. The first-order valence-electron chi connectivity index (χ1n) is 6.78. The quantitative estimate of drug-likeness (QED) is 0.653. The molecule has 0 fully saturated rings. The summed E-state index contributed by atoms with van der Waals surface area (Å²) in [5, 5.41) is 13.3. The summed E-state index contributed by atoms with van der Waals surface area (Å²) in [4.78, 5) is 22.2. The minimum atomic E-state index is -0.510. The van der Waals surface area contributed by atoms with Gasteiger partial charge in [0, 0.05) is 35.9 Å². The summed E-state index contributed by atoms with van der Waals surface area (Å²) in [6, 6.07) is 10.7. The minimum Gasteiger partial charge on any atom is -0.497 e. The van der Waals surface area contributed by atoms with Gasteiger partial charge in [-0.05, 0) is 24.3 Å². The van der Waals surface area contributed by atoms with Gasteiger partial charge in [0.15, 0.2) is 0 Å². The van der Waals surface area contributed by atoms with Gasteiger partial charge in [0.2, 0.25) is 0 Å². The number of ether oxygens (including phenoxy) is 2. The Balaban J connectivity index is 2.05. The molecular formula is C16H16N2O5. The van der Waals surface area contributed by atoms with Crippen LogP contribution < -0.4 is 14.8 Å². The van der Waals surface area contributed by atoms with E-state index in [0.29, 0.717) is 17.1 Å². The van der Waals surface area contributed by atoms with E-state index in [-0.39, 0.29) is 18.1 Å². The Labute approximate surface area is 133 Å². The molecule has 1 N–H and O–H groups in total. The summed E-state index contributed by atoms with van der Waals surface area (Å²) in [5.41, 5.74) is 1.09. The fourth-order valence-electron chi connectivity index (χ4n) is 2.01. The van der Waals surface area contributed by atoms with Crippen LogP contribution in [-0.2, 0) is 6.54 Å². The highest BCUT2D eigenvalue weighted by atomic mass is 16.6. The van der Waals surface area contributed by atoms with Crippen molar-refractivity contribution in [3.63, 3.8) is 0 Å². The second kappa shape index (κ2) is 7.26. The first-order valence-corrected chi connectivity index (χ1v) is 6.78. The summed E-state index contributed by atoms with van der Waals surface area (Å²) in [5.74, 6) is 0.943. The van der Waals surface area contributed by atoms with Gasteiger partial charge in [0.05, 0.1) is 19.1 Å². The predicted octanol–water partition coefficient (Wildman–Crippen LogP) is 2.54. The van der Waals surface area contributed by atoms with Gasteiger partial charge in [-0.3, -0.25) is 14.9 Å². The number of nitro benzene ring substituents is 1. The summed E-state index contributed by atoms with van der Waals surface area (Å²) in [7, 11) is 3.10. The van der Waals surface area contributed by atoms with Crippen molar-refractivity contribution >= 4 is 11.6 Å². The SMILES string of the molecule is COc1ccc(CNC(=O)c2ccc([N+](=O)[O-])cc2)c(OC)c1. The highest BCUT2D eigenvalue weighted by Gasteiger charge is 2.11. The van der Waals surface area contributed by atoms with Gasteiger partial charge in [-0.1, -0.05) is 0 Å². The molecular weight excluding hydrogens is 300 g/mol. The Morgan fingerprint density at radius 1 is 1.13 bits per heavy atom. The Hall–Kier alpha value is -3.09. The molecule has 0 bridgehead atoms. The van der Waals surface area contributed by atoms with Gasteiger partial charge in [0.1, 0.15) is 11.5 Å². The van der Waals surface area contributed by atoms with Crippen molar-refractivity contribution in [2.75, 3.05) is 14.2 Å². The van der Waals surface area contributed by atoms with E-state index in [4.69, 9.17) is 9.47 Å². The molecule has 2 aromatic carbocycles. The lowest BCUT2D eigenvalue weighted by Gasteiger charge is -2.11. The molecule has 0 aliphatic rings. The molecule has 0 saturated heterocycles. The smallest absolute Gasteiger partial charge is 0.269 e. The molecule has 7 nitrogen and oxygen atoms in total. The molecule has 7 heteroatoms. The predicted molar refractivity (Wildman–Crippen MR) is 83.8 cm³/mol. The number of nitrogens with one attached hydrogen (secondary N) is 1. The number of amides is 1. The molecule has 2 aromatic rings. The lowest BCUT2D eigenvalue weighted by molar-refractivity contribution is -0.384. The van der Waals surface area contributed by atoms with Crippen LogP contribution in [0.25, 0.3) is 0 Å². The van der Waals surface area contributed by atoms with Crippen molar-refractivity contribution < 1.29 is 19.2 Å². The second-order valence-corrected chi connectivity index (χ2v) is 4.66. The highest BCUT2D eigenvalue weighted by molar-refractivity contribution is 5.94. The van der Waals surface area contributed by atoms with Gasteiger partial charge in [-0.25, -0.2) is 0 Å². The Bertz CT molecular complexity index is 713. The molecule has 0 aliphatic carbocycles. The molecule has 0 spiro atoms. The van der Waals surface area contributed by atoms with Crippen molar-refractivity contribution in [2.45, 2.75) is 6.54 Å². The van der Waals surface area contributed by atoms with Gasteiger partial charge in [-0.15, -0.1) is 0 Å². The number of methoxy groups -OCH3 is 2. The number of nitro groups is 1. The monoisotopic (exact) mass is 316 g/mol. The van der Waals surface area contributed by atoms with Gasteiger partial charge in [0.25, 0.3) is 11.6 Å². The lowest BCUT2D eigenvalue weighted by atomic mass is 10.1. The van der Waals surface area contributed by atoms with Crippen LogP contribution in [0.5, 0.6) is 11.5 Å². The number of carbonyl (C=O) groups excluding carboxylic acids is 1. The van der Waals surface area contributed by atoms with E-state index in [1.54, 1.807) is 25.3 Å².